The number of halogens is 1. The minimum absolute atomic E-state index is 0.118. The molecule has 0 atom stereocenters. The van der Waals surface area contributed by atoms with Crippen LogP contribution in [0, 0.1) is 0 Å². The molecule has 0 fully saturated rings. The molecule has 0 bridgehead atoms. The first-order valence-corrected chi connectivity index (χ1v) is 6.68. The van der Waals surface area contributed by atoms with E-state index in [1.807, 2.05) is 30.5 Å². The van der Waals surface area contributed by atoms with Gasteiger partial charge in [0.1, 0.15) is 0 Å². The molecule has 0 aliphatic carbocycles. The fraction of sp³-hybridized carbons (Fsp3) is 0.182. The van der Waals surface area contributed by atoms with Crippen LogP contribution >= 0.6 is 23.4 Å². The Bertz CT molecular complexity index is 585. The summed E-state index contributed by atoms with van der Waals surface area (Å²) in [6.07, 6.45) is 1.75. The Morgan fingerprint density at radius 2 is 2.33 bits per heavy atom. The van der Waals surface area contributed by atoms with Gasteiger partial charge in [-0.1, -0.05) is 22.9 Å². The highest BCUT2D eigenvalue weighted by Gasteiger charge is 2.15. The summed E-state index contributed by atoms with van der Waals surface area (Å²) in [6, 6.07) is 7.57. The third-order valence-electron chi connectivity index (χ3n) is 2.33. The molecule has 1 heterocycles. The van der Waals surface area contributed by atoms with Gasteiger partial charge in [0, 0.05) is 4.90 Å². The van der Waals surface area contributed by atoms with E-state index in [1.165, 1.54) is 4.68 Å². The van der Waals surface area contributed by atoms with Crippen LogP contribution in [0.5, 0.6) is 0 Å². The van der Waals surface area contributed by atoms with Crippen molar-refractivity contribution in [1.29, 1.82) is 0 Å². The van der Waals surface area contributed by atoms with Gasteiger partial charge in [0.15, 0.2) is 5.15 Å². The number of carboxylic acid groups (broad SMARTS) is 1. The van der Waals surface area contributed by atoms with E-state index in [1.54, 1.807) is 11.8 Å². The van der Waals surface area contributed by atoms with Gasteiger partial charge in [-0.25, -0.2) is 4.68 Å². The number of benzene rings is 1. The lowest BCUT2D eigenvalue weighted by molar-refractivity contribution is -0.136. The average Bonchev–Trinajstić information content (AvgIpc) is 2.71. The van der Waals surface area contributed by atoms with E-state index < -0.39 is 5.97 Å². The normalized spacial score (nSPS) is 10.6. The van der Waals surface area contributed by atoms with E-state index in [-0.39, 0.29) is 11.6 Å². The van der Waals surface area contributed by atoms with Gasteiger partial charge in [-0.15, -0.1) is 16.9 Å². The van der Waals surface area contributed by atoms with Gasteiger partial charge in [-0.2, -0.15) is 0 Å². The molecule has 0 amide bonds. The third-order valence-corrected chi connectivity index (χ3v) is 3.35. The SMILES string of the molecule is CSc1cccc(-n2nnc(Cl)c2CC(=O)O)c1. The molecule has 94 valence electrons. The van der Waals surface area contributed by atoms with Crippen LogP contribution in [0.2, 0.25) is 5.15 Å². The summed E-state index contributed by atoms with van der Waals surface area (Å²) >= 11 is 7.44. The number of rotatable bonds is 4. The van der Waals surface area contributed by atoms with Crippen molar-refractivity contribution < 1.29 is 9.90 Å². The first-order valence-electron chi connectivity index (χ1n) is 5.08. The third kappa shape index (κ3) is 2.65. The zero-order valence-corrected chi connectivity index (χ0v) is 11.1. The average molecular weight is 284 g/mol. The number of carboxylic acids is 1. The molecule has 0 radical (unpaired) electrons. The summed E-state index contributed by atoms with van der Waals surface area (Å²) in [4.78, 5) is 11.8. The van der Waals surface area contributed by atoms with Crippen molar-refractivity contribution in [3.05, 3.63) is 35.1 Å². The molecule has 0 saturated carbocycles. The number of nitrogens with zero attached hydrogens (tertiary/aromatic N) is 3. The summed E-state index contributed by atoms with van der Waals surface area (Å²) < 4.78 is 1.45. The topological polar surface area (TPSA) is 68.0 Å². The molecule has 1 N–H and O–H groups in total. The standard InChI is InChI=1S/C11H10ClN3O2S/c1-18-8-4-2-3-7(5-8)15-9(6-10(16)17)11(12)13-14-15/h2-5H,6H2,1H3,(H,16,17). The molecule has 2 rings (SSSR count). The van der Waals surface area contributed by atoms with Crippen molar-refractivity contribution in [2.45, 2.75) is 11.3 Å². The van der Waals surface area contributed by atoms with Gasteiger partial charge in [0.25, 0.3) is 0 Å². The minimum atomic E-state index is -0.971. The lowest BCUT2D eigenvalue weighted by Gasteiger charge is -2.06. The Labute approximate surface area is 113 Å². The van der Waals surface area contributed by atoms with Gasteiger partial charge < -0.3 is 5.11 Å². The maximum absolute atomic E-state index is 10.8. The summed E-state index contributed by atoms with van der Waals surface area (Å²) in [5.41, 5.74) is 1.12. The van der Waals surface area contributed by atoms with Gasteiger partial charge in [0.2, 0.25) is 0 Å². The second-order valence-electron chi connectivity index (χ2n) is 3.51. The maximum Gasteiger partial charge on any atom is 0.309 e. The highest BCUT2D eigenvalue weighted by molar-refractivity contribution is 7.98. The number of carbonyl (C=O) groups is 1. The highest BCUT2D eigenvalue weighted by atomic mass is 35.5. The van der Waals surface area contributed by atoms with Gasteiger partial charge in [0.05, 0.1) is 17.8 Å². The molecule has 5 nitrogen and oxygen atoms in total. The summed E-state index contributed by atoms with van der Waals surface area (Å²) in [5, 5.41) is 16.6. The molecule has 0 aliphatic heterocycles. The lowest BCUT2D eigenvalue weighted by atomic mass is 10.3. The van der Waals surface area contributed by atoms with Crippen molar-refractivity contribution in [3.8, 4) is 5.69 Å². The van der Waals surface area contributed by atoms with Crippen molar-refractivity contribution in [2.24, 2.45) is 0 Å². The number of thioether (sulfide) groups is 1. The minimum Gasteiger partial charge on any atom is -0.481 e. The Morgan fingerprint density at radius 3 is 3.00 bits per heavy atom. The van der Waals surface area contributed by atoms with Crippen LogP contribution in [0.15, 0.2) is 29.2 Å². The van der Waals surface area contributed by atoms with E-state index in [9.17, 15) is 4.79 Å². The predicted molar refractivity (Wildman–Crippen MR) is 69.5 cm³/mol. The fourth-order valence-electron chi connectivity index (χ4n) is 1.52. The van der Waals surface area contributed by atoms with E-state index in [0.29, 0.717) is 5.69 Å². The Balaban J connectivity index is 2.46. The van der Waals surface area contributed by atoms with Gasteiger partial charge in [-0.3, -0.25) is 4.79 Å². The zero-order valence-electron chi connectivity index (χ0n) is 9.50. The first kappa shape index (κ1) is 12.9. The molecule has 2 aromatic rings. The highest BCUT2D eigenvalue weighted by Crippen LogP contribution is 2.21. The second-order valence-corrected chi connectivity index (χ2v) is 4.75. The van der Waals surface area contributed by atoms with Gasteiger partial charge >= 0.3 is 5.97 Å². The molecule has 18 heavy (non-hydrogen) atoms. The molecule has 0 spiro atoms. The summed E-state index contributed by atoms with van der Waals surface area (Å²) in [5.74, 6) is -0.971. The van der Waals surface area contributed by atoms with Gasteiger partial charge in [-0.05, 0) is 24.5 Å². The van der Waals surface area contributed by atoms with Crippen molar-refractivity contribution >= 4 is 29.3 Å². The van der Waals surface area contributed by atoms with E-state index in [0.717, 1.165) is 10.6 Å². The quantitative estimate of drug-likeness (QED) is 0.872. The summed E-state index contributed by atoms with van der Waals surface area (Å²) in [7, 11) is 0. The van der Waals surface area contributed by atoms with Crippen LogP contribution in [-0.2, 0) is 11.2 Å². The van der Waals surface area contributed by atoms with E-state index in [2.05, 4.69) is 10.3 Å². The number of aromatic nitrogens is 3. The molecule has 1 aromatic carbocycles. The van der Waals surface area contributed by atoms with Crippen LogP contribution in [0.25, 0.3) is 5.69 Å². The predicted octanol–water partition coefficient (Wildman–Crippen LogP) is 2.27. The van der Waals surface area contributed by atoms with Crippen molar-refractivity contribution in [3.63, 3.8) is 0 Å². The molecule has 0 aliphatic rings. The molecular formula is C11H10ClN3O2S. The van der Waals surface area contributed by atoms with Crippen LogP contribution in [0.4, 0.5) is 0 Å². The Morgan fingerprint density at radius 1 is 1.56 bits per heavy atom. The summed E-state index contributed by atoms with van der Waals surface area (Å²) in [6.45, 7) is 0. The monoisotopic (exact) mass is 283 g/mol. The van der Waals surface area contributed by atoms with Crippen LogP contribution in [0.3, 0.4) is 0 Å². The number of hydrogen-bond acceptors (Lipinski definition) is 4. The number of aliphatic carboxylic acids is 1. The molecule has 1 aromatic heterocycles. The van der Waals surface area contributed by atoms with E-state index in [4.69, 9.17) is 16.7 Å². The number of hydrogen-bond donors (Lipinski definition) is 1. The maximum atomic E-state index is 10.8. The van der Waals surface area contributed by atoms with Crippen molar-refractivity contribution in [2.75, 3.05) is 6.26 Å². The molecule has 0 saturated heterocycles. The van der Waals surface area contributed by atoms with Crippen LogP contribution < -0.4 is 0 Å². The zero-order chi connectivity index (χ0) is 13.1. The van der Waals surface area contributed by atoms with Crippen LogP contribution in [0.1, 0.15) is 5.69 Å². The first-order chi connectivity index (χ1) is 8.61. The van der Waals surface area contributed by atoms with Crippen molar-refractivity contribution in [1.82, 2.24) is 15.0 Å². The molecule has 0 unspecified atom stereocenters. The molecular weight excluding hydrogens is 274 g/mol. The Hall–Kier alpha value is -1.53. The van der Waals surface area contributed by atoms with Crippen LogP contribution in [-0.4, -0.2) is 32.3 Å². The lowest BCUT2D eigenvalue weighted by Crippen LogP contribution is -2.08. The molecule has 7 heteroatoms. The second kappa shape index (κ2) is 5.41. The largest absolute Gasteiger partial charge is 0.481 e. The Kier molecular flexibility index (Phi) is 3.88. The van der Waals surface area contributed by atoms with E-state index >= 15 is 0 Å². The fourth-order valence-corrected chi connectivity index (χ4v) is 2.16. The smallest absolute Gasteiger partial charge is 0.309 e.